The van der Waals surface area contributed by atoms with Crippen molar-refractivity contribution in [3.8, 4) is 0 Å². The lowest BCUT2D eigenvalue weighted by molar-refractivity contribution is -0.136. The number of nitrogens with one attached hydrogen (secondary N) is 1. The summed E-state index contributed by atoms with van der Waals surface area (Å²) in [5, 5.41) is 3.10. The molecule has 0 saturated heterocycles. The molecule has 0 saturated carbocycles. The Bertz CT molecular complexity index is 362. The van der Waals surface area contributed by atoms with E-state index in [4.69, 9.17) is 0 Å². The summed E-state index contributed by atoms with van der Waals surface area (Å²) in [6.07, 6.45) is 0. The molecule has 0 aliphatic carbocycles. The Balaban J connectivity index is 2.65. The largest absolute Gasteiger partial charge is 0.341 e. The zero-order valence-electron chi connectivity index (χ0n) is 11.8. The van der Waals surface area contributed by atoms with Gasteiger partial charge in [0.05, 0.1) is 5.92 Å². The number of carbonyl (C=O) groups excluding carboxylic acids is 1. The average molecular weight is 248 g/mol. The Morgan fingerprint density at radius 3 is 2.39 bits per heavy atom. The summed E-state index contributed by atoms with van der Waals surface area (Å²) in [7, 11) is 3.76. The smallest absolute Gasteiger partial charge is 0.227 e. The minimum atomic E-state index is 0.0451. The van der Waals surface area contributed by atoms with Gasteiger partial charge in [-0.3, -0.25) is 4.79 Å². The maximum Gasteiger partial charge on any atom is 0.227 e. The van der Waals surface area contributed by atoms with E-state index >= 15 is 0 Å². The van der Waals surface area contributed by atoms with Crippen molar-refractivity contribution in [2.24, 2.45) is 11.8 Å². The van der Waals surface area contributed by atoms with Gasteiger partial charge >= 0.3 is 0 Å². The number of carbonyl (C=O) groups is 1. The molecular formula is C15H24N2O. The minimum absolute atomic E-state index is 0.0451. The van der Waals surface area contributed by atoms with Crippen molar-refractivity contribution in [3.05, 3.63) is 35.9 Å². The van der Waals surface area contributed by atoms with Crippen molar-refractivity contribution >= 4 is 5.91 Å². The second kappa shape index (κ2) is 7.17. The van der Waals surface area contributed by atoms with E-state index in [1.807, 2.05) is 49.3 Å². The van der Waals surface area contributed by atoms with Gasteiger partial charge in [-0.2, -0.15) is 0 Å². The first-order chi connectivity index (χ1) is 8.56. The first kappa shape index (κ1) is 14.7. The number of amides is 1. The van der Waals surface area contributed by atoms with Gasteiger partial charge < -0.3 is 10.2 Å². The van der Waals surface area contributed by atoms with Crippen LogP contribution in [0, 0.1) is 11.8 Å². The summed E-state index contributed by atoms with van der Waals surface area (Å²) in [6, 6.07) is 10.1. The predicted molar refractivity (Wildman–Crippen MR) is 75.2 cm³/mol. The third-order valence-electron chi connectivity index (χ3n) is 3.18. The molecule has 1 aromatic carbocycles. The topological polar surface area (TPSA) is 32.3 Å². The monoisotopic (exact) mass is 248 g/mol. The molecule has 0 bridgehead atoms. The summed E-state index contributed by atoms with van der Waals surface area (Å²) in [5.41, 5.74) is 1.17. The lowest BCUT2D eigenvalue weighted by Crippen LogP contribution is -2.39. The van der Waals surface area contributed by atoms with Crippen LogP contribution in [-0.4, -0.2) is 31.4 Å². The zero-order valence-corrected chi connectivity index (χ0v) is 11.8. The van der Waals surface area contributed by atoms with Crippen molar-refractivity contribution in [2.75, 3.05) is 20.6 Å². The Morgan fingerprint density at radius 2 is 1.89 bits per heavy atom. The third-order valence-corrected chi connectivity index (χ3v) is 3.18. The van der Waals surface area contributed by atoms with E-state index in [9.17, 15) is 4.79 Å². The Morgan fingerprint density at radius 1 is 1.28 bits per heavy atom. The van der Waals surface area contributed by atoms with Crippen LogP contribution < -0.4 is 5.32 Å². The van der Waals surface area contributed by atoms with E-state index in [1.54, 1.807) is 0 Å². The molecule has 1 aromatic rings. The fourth-order valence-corrected chi connectivity index (χ4v) is 2.05. The Labute approximate surface area is 110 Å². The second-order valence-corrected chi connectivity index (χ2v) is 5.09. The third kappa shape index (κ3) is 4.15. The molecule has 0 aromatic heterocycles. The van der Waals surface area contributed by atoms with Crippen LogP contribution in [-0.2, 0) is 11.3 Å². The highest BCUT2D eigenvalue weighted by Crippen LogP contribution is 2.14. The van der Waals surface area contributed by atoms with Crippen LogP contribution in [0.1, 0.15) is 19.4 Å². The van der Waals surface area contributed by atoms with Crippen molar-refractivity contribution in [1.82, 2.24) is 10.2 Å². The quantitative estimate of drug-likeness (QED) is 0.836. The van der Waals surface area contributed by atoms with Crippen LogP contribution in [0.25, 0.3) is 0 Å². The number of hydrogen-bond donors (Lipinski definition) is 1. The maximum atomic E-state index is 12.4. The fraction of sp³-hybridized carbons (Fsp3) is 0.533. The summed E-state index contributed by atoms with van der Waals surface area (Å²) in [6.45, 7) is 5.59. The van der Waals surface area contributed by atoms with Crippen molar-refractivity contribution in [3.63, 3.8) is 0 Å². The van der Waals surface area contributed by atoms with Crippen LogP contribution in [0.5, 0.6) is 0 Å². The summed E-state index contributed by atoms with van der Waals surface area (Å²) < 4.78 is 0. The second-order valence-electron chi connectivity index (χ2n) is 5.09. The molecule has 0 fully saturated rings. The van der Waals surface area contributed by atoms with Gasteiger partial charge in [0.1, 0.15) is 0 Å². The molecule has 1 N–H and O–H groups in total. The van der Waals surface area contributed by atoms with Crippen molar-refractivity contribution in [1.29, 1.82) is 0 Å². The van der Waals surface area contributed by atoms with E-state index < -0.39 is 0 Å². The molecule has 100 valence electrons. The first-order valence-electron chi connectivity index (χ1n) is 6.49. The lowest BCUT2D eigenvalue weighted by atomic mass is 9.94. The molecular weight excluding hydrogens is 224 g/mol. The standard InChI is InChI=1S/C15H24N2O/c1-12(2)14(10-16-3)15(18)17(4)11-13-8-6-5-7-9-13/h5-9,12,14,16H,10-11H2,1-4H3. The average Bonchev–Trinajstić information content (AvgIpc) is 2.36. The van der Waals surface area contributed by atoms with Crippen molar-refractivity contribution in [2.45, 2.75) is 20.4 Å². The van der Waals surface area contributed by atoms with Gasteiger partial charge in [0.2, 0.25) is 5.91 Å². The van der Waals surface area contributed by atoms with Gasteiger partial charge in [0.25, 0.3) is 0 Å². The Kier molecular flexibility index (Phi) is 5.86. The van der Waals surface area contributed by atoms with Crippen LogP contribution in [0.2, 0.25) is 0 Å². The predicted octanol–water partition coefficient (Wildman–Crippen LogP) is 2.14. The molecule has 0 spiro atoms. The molecule has 0 aliphatic heterocycles. The molecule has 18 heavy (non-hydrogen) atoms. The summed E-state index contributed by atoms with van der Waals surface area (Å²) >= 11 is 0. The zero-order chi connectivity index (χ0) is 13.5. The molecule has 0 aliphatic rings. The van der Waals surface area contributed by atoms with Crippen LogP contribution in [0.4, 0.5) is 0 Å². The van der Waals surface area contributed by atoms with E-state index in [0.29, 0.717) is 12.5 Å². The van der Waals surface area contributed by atoms with Gasteiger partial charge in [0, 0.05) is 20.1 Å². The maximum absolute atomic E-state index is 12.4. The molecule has 1 rings (SSSR count). The normalized spacial score (nSPS) is 12.5. The molecule has 3 heteroatoms. The summed E-state index contributed by atoms with van der Waals surface area (Å²) in [4.78, 5) is 14.2. The van der Waals surface area contributed by atoms with E-state index in [1.165, 1.54) is 5.56 Å². The number of hydrogen-bond acceptors (Lipinski definition) is 2. The lowest BCUT2D eigenvalue weighted by Gasteiger charge is -2.26. The van der Waals surface area contributed by atoms with Gasteiger partial charge in [0.15, 0.2) is 0 Å². The highest BCUT2D eigenvalue weighted by molar-refractivity contribution is 5.79. The van der Waals surface area contributed by atoms with Crippen molar-refractivity contribution < 1.29 is 4.79 Å². The molecule has 1 atom stereocenters. The van der Waals surface area contributed by atoms with Crippen LogP contribution in [0.3, 0.4) is 0 Å². The highest BCUT2D eigenvalue weighted by atomic mass is 16.2. The SMILES string of the molecule is CNCC(C(=O)N(C)Cc1ccccc1)C(C)C. The van der Waals surface area contributed by atoms with Crippen LogP contribution in [0.15, 0.2) is 30.3 Å². The van der Waals surface area contributed by atoms with E-state index in [-0.39, 0.29) is 11.8 Å². The van der Waals surface area contributed by atoms with Gasteiger partial charge in [-0.15, -0.1) is 0 Å². The van der Waals surface area contributed by atoms with E-state index in [0.717, 1.165) is 6.54 Å². The Hall–Kier alpha value is -1.35. The van der Waals surface area contributed by atoms with Crippen LogP contribution >= 0.6 is 0 Å². The first-order valence-corrected chi connectivity index (χ1v) is 6.49. The van der Waals surface area contributed by atoms with Gasteiger partial charge in [-0.25, -0.2) is 0 Å². The van der Waals surface area contributed by atoms with Gasteiger partial charge in [-0.1, -0.05) is 44.2 Å². The minimum Gasteiger partial charge on any atom is -0.341 e. The highest BCUT2D eigenvalue weighted by Gasteiger charge is 2.24. The number of nitrogens with zero attached hydrogens (tertiary/aromatic N) is 1. The molecule has 0 radical (unpaired) electrons. The van der Waals surface area contributed by atoms with E-state index in [2.05, 4.69) is 19.2 Å². The number of benzene rings is 1. The molecule has 0 heterocycles. The molecule has 3 nitrogen and oxygen atoms in total. The number of rotatable bonds is 6. The summed E-state index contributed by atoms with van der Waals surface area (Å²) in [5.74, 6) is 0.607. The molecule has 1 amide bonds. The fourth-order valence-electron chi connectivity index (χ4n) is 2.05. The van der Waals surface area contributed by atoms with Gasteiger partial charge in [-0.05, 0) is 18.5 Å². The molecule has 1 unspecified atom stereocenters.